The van der Waals surface area contributed by atoms with E-state index in [2.05, 4.69) is 0 Å². The van der Waals surface area contributed by atoms with E-state index in [1.165, 1.54) is 6.08 Å². The number of ether oxygens (including phenoxy) is 2. The summed E-state index contributed by atoms with van der Waals surface area (Å²) in [5.41, 5.74) is 1.97. The number of aryl methyl sites for hydroxylation is 1. The first-order chi connectivity index (χ1) is 11.1. The van der Waals surface area contributed by atoms with Gasteiger partial charge >= 0.3 is 0 Å². The van der Waals surface area contributed by atoms with E-state index in [1.807, 2.05) is 32.9 Å². The van der Waals surface area contributed by atoms with Crippen LogP contribution in [0.4, 0.5) is 0 Å². The maximum Gasteiger partial charge on any atom is 0.221 e. The van der Waals surface area contributed by atoms with Crippen LogP contribution in [-0.4, -0.2) is 18.5 Å². The monoisotopic (exact) mass is 312 g/mol. The number of hydrogen-bond acceptors (Lipinski definition) is 4. The van der Waals surface area contributed by atoms with E-state index in [0.29, 0.717) is 12.4 Å². The molecule has 0 saturated heterocycles. The molecule has 1 aromatic carbocycles. The molecule has 0 bridgehead atoms. The number of hydrogen-bond donors (Lipinski definition) is 0. The van der Waals surface area contributed by atoms with Gasteiger partial charge in [-0.1, -0.05) is 0 Å². The van der Waals surface area contributed by atoms with E-state index in [1.54, 1.807) is 18.2 Å². The quantitative estimate of drug-likeness (QED) is 0.613. The largest absolute Gasteiger partial charge is 0.493 e. The Balaban J connectivity index is 1.88. The van der Waals surface area contributed by atoms with Gasteiger partial charge < -0.3 is 13.9 Å². The van der Waals surface area contributed by atoms with Crippen molar-refractivity contribution in [1.82, 2.24) is 0 Å². The van der Waals surface area contributed by atoms with E-state index in [-0.39, 0.29) is 11.9 Å². The van der Waals surface area contributed by atoms with Crippen LogP contribution < -0.4 is 9.47 Å². The Morgan fingerprint density at radius 3 is 2.91 bits per heavy atom. The molecule has 0 spiro atoms. The fourth-order valence-electron chi connectivity index (χ4n) is 2.68. The SMILES string of the molecule is CCOc1cc2c(cc1/C=C/C(=O)c1ccc(C)o1)OC(C)C2. The molecule has 1 aliphatic heterocycles. The molecule has 2 heterocycles. The summed E-state index contributed by atoms with van der Waals surface area (Å²) in [5, 5.41) is 0. The zero-order chi connectivity index (χ0) is 16.4. The van der Waals surface area contributed by atoms with Crippen molar-refractivity contribution in [3.05, 3.63) is 53.0 Å². The topological polar surface area (TPSA) is 48.7 Å². The number of ketones is 1. The number of allylic oxidation sites excluding steroid dienone is 1. The first-order valence-corrected chi connectivity index (χ1v) is 7.82. The van der Waals surface area contributed by atoms with Gasteiger partial charge in [0, 0.05) is 17.5 Å². The molecule has 120 valence electrons. The maximum absolute atomic E-state index is 12.1. The highest BCUT2D eigenvalue weighted by atomic mass is 16.5. The summed E-state index contributed by atoms with van der Waals surface area (Å²) in [7, 11) is 0. The number of carbonyl (C=O) groups is 1. The number of rotatable bonds is 5. The molecule has 1 aliphatic rings. The van der Waals surface area contributed by atoms with Crippen LogP contribution in [0.2, 0.25) is 0 Å². The minimum absolute atomic E-state index is 0.171. The molecule has 4 heteroatoms. The van der Waals surface area contributed by atoms with Crippen LogP contribution in [0.1, 0.15) is 41.3 Å². The average molecular weight is 312 g/mol. The van der Waals surface area contributed by atoms with E-state index >= 15 is 0 Å². The van der Waals surface area contributed by atoms with Gasteiger partial charge in [-0.15, -0.1) is 0 Å². The molecule has 0 fully saturated rings. The third kappa shape index (κ3) is 3.31. The van der Waals surface area contributed by atoms with Gasteiger partial charge in [0.1, 0.15) is 23.4 Å². The highest BCUT2D eigenvalue weighted by Gasteiger charge is 2.21. The lowest BCUT2D eigenvalue weighted by Gasteiger charge is -2.09. The molecule has 2 aromatic rings. The number of fused-ring (bicyclic) bond motifs is 1. The molecular formula is C19H20O4. The zero-order valence-electron chi connectivity index (χ0n) is 13.6. The number of benzene rings is 1. The number of furan rings is 1. The van der Waals surface area contributed by atoms with Crippen LogP contribution >= 0.6 is 0 Å². The lowest BCUT2D eigenvalue weighted by molar-refractivity contribution is 0.102. The molecular weight excluding hydrogens is 292 g/mol. The van der Waals surface area contributed by atoms with E-state index in [9.17, 15) is 4.79 Å². The lowest BCUT2D eigenvalue weighted by Crippen LogP contribution is -2.05. The third-order valence-corrected chi connectivity index (χ3v) is 3.73. The summed E-state index contributed by atoms with van der Waals surface area (Å²) < 4.78 is 16.8. The van der Waals surface area contributed by atoms with Gasteiger partial charge in [-0.2, -0.15) is 0 Å². The van der Waals surface area contributed by atoms with Gasteiger partial charge in [0.05, 0.1) is 6.61 Å². The zero-order valence-corrected chi connectivity index (χ0v) is 13.6. The first kappa shape index (κ1) is 15.4. The maximum atomic E-state index is 12.1. The predicted octanol–water partition coefficient (Wildman–Crippen LogP) is 4.21. The Bertz CT molecular complexity index is 755. The van der Waals surface area contributed by atoms with Crippen LogP contribution in [-0.2, 0) is 6.42 Å². The Morgan fingerprint density at radius 1 is 1.39 bits per heavy atom. The normalized spacial score (nSPS) is 16.4. The van der Waals surface area contributed by atoms with Gasteiger partial charge in [-0.3, -0.25) is 4.79 Å². The predicted molar refractivity (Wildman–Crippen MR) is 88.2 cm³/mol. The molecule has 0 saturated carbocycles. The third-order valence-electron chi connectivity index (χ3n) is 3.73. The summed E-state index contributed by atoms with van der Waals surface area (Å²) in [4.78, 5) is 12.1. The molecule has 1 aromatic heterocycles. The molecule has 23 heavy (non-hydrogen) atoms. The van der Waals surface area contributed by atoms with Crippen molar-refractivity contribution in [2.24, 2.45) is 0 Å². The Kier molecular flexibility index (Phi) is 4.24. The van der Waals surface area contributed by atoms with Crippen LogP contribution in [0.25, 0.3) is 6.08 Å². The fraction of sp³-hybridized carbons (Fsp3) is 0.316. The summed E-state index contributed by atoms with van der Waals surface area (Å²) in [5.74, 6) is 2.51. The van der Waals surface area contributed by atoms with Gasteiger partial charge in [0.2, 0.25) is 5.78 Å². The molecule has 0 N–H and O–H groups in total. The van der Waals surface area contributed by atoms with Gasteiger partial charge in [0.25, 0.3) is 0 Å². The van der Waals surface area contributed by atoms with Gasteiger partial charge in [-0.05, 0) is 57.2 Å². The molecule has 1 atom stereocenters. The lowest BCUT2D eigenvalue weighted by atomic mass is 10.1. The summed E-state index contributed by atoms with van der Waals surface area (Å²) in [6, 6.07) is 7.39. The van der Waals surface area contributed by atoms with Crippen molar-refractivity contribution in [2.75, 3.05) is 6.61 Å². The second-order valence-corrected chi connectivity index (χ2v) is 5.67. The molecule has 1 unspecified atom stereocenters. The highest BCUT2D eigenvalue weighted by Crippen LogP contribution is 2.35. The molecule has 0 aliphatic carbocycles. The molecule has 0 amide bonds. The van der Waals surface area contributed by atoms with Crippen LogP contribution in [0.3, 0.4) is 0 Å². The Labute approximate surface area is 135 Å². The summed E-state index contributed by atoms with van der Waals surface area (Å²) >= 11 is 0. The summed E-state index contributed by atoms with van der Waals surface area (Å²) in [6.45, 7) is 6.36. The molecule has 0 radical (unpaired) electrons. The Morgan fingerprint density at radius 2 is 2.22 bits per heavy atom. The van der Waals surface area contributed by atoms with E-state index < -0.39 is 0 Å². The van der Waals surface area contributed by atoms with Crippen LogP contribution in [0.5, 0.6) is 11.5 Å². The van der Waals surface area contributed by atoms with Gasteiger partial charge in [-0.25, -0.2) is 0 Å². The van der Waals surface area contributed by atoms with Crippen molar-refractivity contribution < 1.29 is 18.7 Å². The van der Waals surface area contributed by atoms with Crippen molar-refractivity contribution in [1.29, 1.82) is 0 Å². The second-order valence-electron chi connectivity index (χ2n) is 5.67. The summed E-state index contributed by atoms with van der Waals surface area (Å²) in [6.07, 6.45) is 4.30. The van der Waals surface area contributed by atoms with Crippen molar-refractivity contribution in [3.63, 3.8) is 0 Å². The number of carbonyl (C=O) groups excluding carboxylic acids is 1. The average Bonchev–Trinajstić information content (AvgIpc) is 3.09. The smallest absolute Gasteiger partial charge is 0.221 e. The molecule has 3 rings (SSSR count). The van der Waals surface area contributed by atoms with Crippen LogP contribution in [0.15, 0.2) is 34.8 Å². The minimum atomic E-state index is -0.171. The van der Waals surface area contributed by atoms with Crippen LogP contribution in [0, 0.1) is 6.92 Å². The van der Waals surface area contributed by atoms with Gasteiger partial charge in [0.15, 0.2) is 5.76 Å². The van der Waals surface area contributed by atoms with E-state index in [0.717, 1.165) is 34.8 Å². The van der Waals surface area contributed by atoms with Crippen molar-refractivity contribution >= 4 is 11.9 Å². The van der Waals surface area contributed by atoms with Crippen molar-refractivity contribution in [2.45, 2.75) is 33.3 Å². The standard InChI is InChI=1S/C19H20O4/c1-4-21-18-11-15-9-13(3)23-19(15)10-14(18)6-7-16(20)17-8-5-12(2)22-17/h5-8,10-11,13H,4,9H2,1-3H3/b7-6+. The second kappa shape index (κ2) is 6.32. The minimum Gasteiger partial charge on any atom is -0.493 e. The first-order valence-electron chi connectivity index (χ1n) is 7.82. The Hall–Kier alpha value is -2.49. The highest BCUT2D eigenvalue weighted by molar-refractivity contribution is 6.05. The molecule has 4 nitrogen and oxygen atoms in total. The van der Waals surface area contributed by atoms with E-state index in [4.69, 9.17) is 13.9 Å². The fourth-order valence-corrected chi connectivity index (χ4v) is 2.68. The van der Waals surface area contributed by atoms with Crippen molar-refractivity contribution in [3.8, 4) is 11.5 Å².